The number of nitrogens with one attached hydrogen (secondary N) is 1. The molecule has 1 aromatic heterocycles. The molecule has 0 aliphatic rings. The summed E-state index contributed by atoms with van der Waals surface area (Å²) in [5.74, 6) is -0.727. The second kappa shape index (κ2) is 10.9. The standard InChI is InChI=1S/C25H27N3O3/c1-19(23-11-7-4-8-12-23)15-26-25(30)20(2)31-24(29)14-13-22-16-27-28(18-22)17-21-9-5-3-6-10-21/h3-14,16,18-20H,15,17H2,1-2H3,(H,26,30)/b14-13+/t19-,20-/m1/s1. The van der Waals surface area contributed by atoms with Crippen LogP contribution in [0.5, 0.6) is 0 Å². The van der Waals surface area contributed by atoms with E-state index in [9.17, 15) is 9.59 Å². The first-order chi connectivity index (χ1) is 15.0. The van der Waals surface area contributed by atoms with Gasteiger partial charge in [0.15, 0.2) is 6.10 Å². The van der Waals surface area contributed by atoms with Gasteiger partial charge in [-0.1, -0.05) is 67.6 Å². The minimum absolute atomic E-state index is 0.167. The maximum absolute atomic E-state index is 12.2. The molecule has 0 bridgehead atoms. The number of carbonyl (C=O) groups excluding carboxylic acids is 2. The first-order valence-electron chi connectivity index (χ1n) is 10.3. The van der Waals surface area contributed by atoms with Gasteiger partial charge in [-0.25, -0.2) is 4.79 Å². The van der Waals surface area contributed by atoms with Crippen molar-refractivity contribution in [1.29, 1.82) is 0 Å². The molecular formula is C25H27N3O3. The highest BCUT2D eigenvalue weighted by Crippen LogP contribution is 2.13. The van der Waals surface area contributed by atoms with Crippen molar-refractivity contribution in [3.05, 3.63) is 95.8 Å². The summed E-state index contributed by atoms with van der Waals surface area (Å²) in [6.45, 7) is 4.72. The van der Waals surface area contributed by atoms with E-state index in [1.807, 2.05) is 73.8 Å². The van der Waals surface area contributed by atoms with Crippen LogP contribution in [-0.2, 0) is 20.9 Å². The third kappa shape index (κ3) is 6.96. The van der Waals surface area contributed by atoms with Crippen LogP contribution in [0.4, 0.5) is 0 Å². The highest BCUT2D eigenvalue weighted by molar-refractivity contribution is 5.90. The van der Waals surface area contributed by atoms with E-state index < -0.39 is 12.1 Å². The van der Waals surface area contributed by atoms with Crippen molar-refractivity contribution in [2.45, 2.75) is 32.4 Å². The Bertz CT molecular complexity index is 1010. The molecule has 3 aromatic rings. The molecule has 1 N–H and O–H groups in total. The zero-order valence-electron chi connectivity index (χ0n) is 17.8. The zero-order valence-corrected chi connectivity index (χ0v) is 17.8. The van der Waals surface area contributed by atoms with Gasteiger partial charge in [-0.2, -0.15) is 5.10 Å². The monoisotopic (exact) mass is 417 g/mol. The predicted octanol–water partition coefficient (Wildman–Crippen LogP) is 3.80. The number of hydrogen-bond donors (Lipinski definition) is 1. The molecule has 6 heteroatoms. The van der Waals surface area contributed by atoms with Crippen LogP contribution in [0.3, 0.4) is 0 Å². The van der Waals surface area contributed by atoms with Crippen molar-refractivity contribution in [2.75, 3.05) is 6.54 Å². The summed E-state index contributed by atoms with van der Waals surface area (Å²) in [4.78, 5) is 24.3. The van der Waals surface area contributed by atoms with Gasteiger partial charge in [0.2, 0.25) is 0 Å². The van der Waals surface area contributed by atoms with Crippen LogP contribution < -0.4 is 5.32 Å². The van der Waals surface area contributed by atoms with Crippen LogP contribution >= 0.6 is 0 Å². The van der Waals surface area contributed by atoms with Crippen molar-refractivity contribution >= 4 is 18.0 Å². The lowest BCUT2D eigenvalue weighted by Gasteiger charge is -2.16. The Labute approximate surface area is 182 Å². The van der Waals surface area contributed by atoms with Gasteiger partial charge in [-0.15, -0.1) is 0 Å². The summed E-state index contributed by atoms with van der Waals surface area (Å²) in [6.07, 6.45) is 5.58. The van der Waals surface area contributed by atoms with Crippen LogP contribution in [-0.4, -0.2) is 34.3 Å². The fraction of sp³-hybridized carbons (Fsp3) is 0.240. The number of hydrogen-bond acceptors (Lipinski definition) is 4. The minimum atomic E-state index is -0.874. The Morgan fingerprint density at radius 2 is 1.74 bits per heavy atom. The van der Waals surface area contributed by atoms with E-state index in [4.69, 9.17) is 4.74 Å². The molecule has 160 valence electrons. The molecule has 0 spiro atoms. The van der Waals surface area contributed by atoms with Gasteiger partial charge in [-0.3, -0.25) is 9.48 Å². The molecule has 6 nitrogen and oxygen atoms in total. The molecular weight excluding hydrogens is 390 g/mol. The van der Waals surface area contributed by atoms with Gasteiger partial charge in [0.25, 0.3) is 5.91 Å². The fourth-order valence-electron chi connectivity index (χ4n) is 3.05. The van der Waals surface area contributed by atoms with Gasteiger partial charge in [-0.05, 0) is 30.0 Å². The van der Waals surface area contributed by atoms with E-state index in [1.165, 1.54) is 6.08 Å². The van der Waals surface area contributed by atoms with Crippen LogP contribution in [0, 0.1) is 0 Å². The van der Waals surface area contributed by atoms with E-state index >= 15 is 0 Å². The third-order valence-corrected chi connectivity index (χ3v) is 4.87. The molecule has 3 rings (SSSR count). The summed E-state index contributed by atoms with van der Waals surface area (Å²) >= 11 is 0. The fourth-order valence-corrected chi connectivity index (χ4v) is 3.05. The number of ether oxygens (including phenoxy) is 1. The summed E-state index contributed by atoms with van der Waals surface area (Å²) in [5, 5.41) is 7.13. The number of amides is 1. The number of esters is 1. The quantitative estimate of drug-likeness (QED) is 0.425. The van der Waals surface area contributed by atoms with Crippen LogP contribution in [0.1, 0.15) is 36.5 Å². The number of benzene rings is 2. The molecule has 0 fully saturated rings. The van der Waals surface area contributed by atoms with E-state index in [-0.39, 0.29) is 11.8 Å². The predicted molar refractivity (Wildman–Crippen MR) is 120 cm³/mol. The van der Waals surface area contributed by atoms with E-state index in [0.717, 1.165) is 16.7 Å². The number of aromatic nitrogens is 2. The second-order valence-electron chi connectivity index (χ2n) is 7.43. The number of carbonyl (C=O) groups is 2. The SMILES string of the molecule is C[C@H](CNC(=O)[C@@H](C)OC(=O)/C=C/c1cnn(Cc2ccccc2)c1)c1ccccc1. The molecule has 31 heavy (non-hydrogen) atoms. The summed E-state index contributed by atoms with van der Waals surface area (Å²) < 4.78 is 7.01. The molecule has 2 aromatic carbocycles. The zero-order chi connectivity index (χ0) is 22.1. The van der Waals surface area contributed by atoms with E-state index in [0.29, 0.717) is 13.1 Å². The Morgan fingerprint density at radius 1 is 1.06 bits per heavy atom. The van der Waals surface area contributed by atoms with Crippen molar-refractivity contribution in [3.63, 3.8) is 0 Å². The van der Waals surface area contributed by atoms with E-state index in [2.05, 4.69) is 10.4 Å². The Hall–Kier alpha value is -3.67. The Kier molecular flexibility index (Phi) is 7.76. The maximum atomic E-state index is 12.2. The van der Waals surface area contributed by atoms with Gasteiger partial charge >= 0.3 is 5.97 Å². The van der Waals surface area contributed by atoms with Crippen molar-refractivity contribution in [1.82, 2.24) is 15.1 Å². The van der Waals surface area contributed by atoms with Crippen LogP contribution in [0.25, 0.3) is 6.08 Å². The van der Waals surface area contributed by atoms with Crippen LogP contribution in [0.15, 0.2) is 79.1 Å². The first kappa shape index (κ1) is 22.0. The average Bonchev–Trinajstić information content (AvgIpc) is 3.24. The number of rotatable bonds is 9. The maximum Gasteiger partial charge on any atom is 0.331 e. The molecule has 1 heterocycles. The van der Waals surface area contributed by atoms with Crippen molar-refractivity contribution in [3.8, 4) is 0 Å². The minimum Gasteiger partial charge on any atom is -0.449 e. The third-order valence-electron chi connectivity index (χ3n) is 4.87. The molecule has 0 radical (unpaired) electrons. The Morgan fingerprint density at radius 3 is 2.45 bits per heavy atom. The largest absolute Gasteiger partial charge is 0.449 e. The highest BCUT2D eigenvalue weighted by Gasteiger charge is 2.17. The summed E-state index contributed by atoms with van der Waals surface area (Å²) in [5.41, 5.74) is 3.06. The van der Waals surface area contributed by atoms with E-state index in [1.54, 1.807) is 23.9 Å². The van der Waals surface area contributed by atoms with Crippen molar-refractivity contribution < 1.29 is 14.3 Å². The van der Waals surface area contributed by atoms with Gasteiger partial charge in [0.05, 0.1) is 12.7 Å². The molecule has 0 aliphatic heterocycles. The molecule has 0 unspecified atom stereocenters. The average molecular weight is 418 g/mol. The molecule has 0 aliphatic carbocycles. The molecule has 1 amide bonds. The Balaban J connectivity index is 1.44. The lowest BCUT2D eigenvalue weighted by molar-refractivity contribution is -0.150. The lowest BCUT2D eigenvalue weighted by Crippen LogP contribution is -2.37. The first-order valence-corrected chi connectivity index (χ1v) is 10.3. The molecule has 0 saturated heterocycles. The van der Waals surface area contributed by atoms with Gasteiger partial charge in [0, 0.05) is 24.4 Å². The second-order valence-corrected chi connectivity index (χ2v) is 7.43. The lowest BCUT2D eigenvalue weighted by atomic mass is 10.0. The normalized spacial score (nSPS) is 13.0. The van der Waals surface area contributed by atoms with Crippen LogP contribution in [0.2, 0.25) is 0 Å². The number of nitrogens with zero attached hydrogens (tertiary/aromatic N) is 2. The topological polar surface area (TPSA) is 73.2 Å². The summed E-state index contributed by atoms with van der Waals surface area (Å²) in [6, 6.07) is 19.9. The van der Waals surface area contributed by atoms with Gasteiger partial charge in [0.1, 0.15) is 0 Å². The molecule has 2 atom stereocenters. The molecule has 0 saturated carbocycles. The van der Waals surface area contributed by atoms with Crippen molar-refractivity contribution in [2.24, 2.45) is 0 Å². The highest BCUT2D eigenvalue weighted by atomic mass is 16.5. The van der Waals surface area contributed by atoms with Gasteiger partial charge < -0.3 is 10.1 Å². The summed E-state index contributed by atoms with van der Waals surface area (Å²) in [7, 11) is 0. The smallest absolute Gasteiger partial charge is 0.331 e.